The zero-order valence-corrected chi connectivity index (χ0v) is 15.5. The lowest BCUT2D eigenvalue weighted by molar-refractivity contribution is -0.156. The summed E-state index contributed by atoms with van der Waals surface area (Å²) < 4.78 is 15.2. The molecule has 0 aliphatic rings. The lowest BCUT2D eigenvalue weighted by atomic mass is 9.86. The van der Waals surface area contributed by atoms with Crippen molar-refractivity contribution in [1.29, 1.82) is 0 Å². The predicted molar refractivity (Wildman–Crippen MR) is 90.1 cm³/mol. The molecule has 0 aromatic carbocycles. The Morgan fingerprint density at radius 2 is 1.57 bits per heavy atom. The number of carbonyl (C=O) groups is 2. The fourth-order valence-corrected chi connectivity index (χ4v) is 2.36. The number of carbonyl (C=O) groups excluding carboxylic acids is 2. The molecule has 0 saturated heterocycles. The van der Waals surface area contributed by atoms with Crippen LogP contribution in [0.15, 0.2) is 0 Å². The minimum atomic E-state index is -0.443. The molecule has 0 aliphatic heterocycles. The fraction of sp³-hybridized carbons (Fsp3) is 0.889. The molecule has 23 heavy (non-hydrogen) atoms. The zero-order chi connectivity index (χ0) is 17.7. The third-order valence-corrected chi connectivity index (χ3v) is 3.19. The van der Waals surface area contributed by atoms with Crippen molar-refractivity contribution in [2.45, 2.75) is 66.7 Å². The minimum absolute atomic E-state index is 0.208. The molecular weight excluding hydrogens is 296 g/mol. The van der Waals surface area contributed by atoms with Gasteiger partial charge in [0.05, 0.1) is 13.2 Å². The molecule has 0 rings (SSSR count). The highest BCUT2D eigenvalue weighted by atomic mass is 16.6. The number of hydrogen-bond donors (Lipinski definition) is 0. The molecule has 0 spiro atoms. The summed E-state index contributed by atoms with van der Waals surface area (Å²) in [6.45, 7) is 11.0. The number of unbranched alkanes of at least 4 members (excludes halogenated alkanes) is 3. The average molecular weight is 330 g/mol. The van der Waals surface area contributed by atoms with Crippen LogP contribution >= 0.6 is 0 Å². The molecule has 5 heteroatoms. The highest BCUT2D eigenvalue weighted by molar-refractivity contribution is 5.73. The summed E-state index contributed by atoms with van der Waals surface area (Å²) in [6.07, 6.45) is 5.20. The predicted octanol–water partition coefficient (Wildman–Crippen LogP) is 3.74. The molecule has 1 atom stereocenters. The van der Waals surface area contributed by atoms with E-state index in [-0.39, 0.29) is 18.6 Å². The van der Waals surface area contributed by atoms with Crippen molar-refractivity contribution < 1.29 is 23.8 Å². The van der Waals surface area contributed by atoms with Gasteiger partial charge in [0.15, 0.2) is 0 Å². The molecule has 0 saturated carbocycles. The standard InChI is InChI=1S/C18H34O5/c1-6-7-8-9-10-22-16(19)13-21-14-17(20)23-12-15(2)11-18(3,4)5/h15H,6-14H2,1-5H3. The molecular formula is C18H34O5. The average Bonchev–Trinajstić information content (AvgIpc) is 2.43. The number of esters is 2. The van der Waals surface area contributed by atoms with Gasteiger partial charge < -0.3 is 14.2 Å². The Morgan fingerprint density at radius 3 is 2.13 bits per heavy atom. The summed E-state index contributed by atoms with van der Waals surface area (Å²) in [6, 6.07) is 0. The van der Waals surface area contributed by atoms with Gasteiger partial charge in [-0.25, -0.2) is 9.59 Å². The summed E-state index contributed by atoms with van der Waals surface area (Å²) >= 11 is 0. The van der Waals surface area contributed by atoms with E-state index < -0.39 is 11.9 Å². The molecule has 5 nitrogen and oxygen atoms in total. The van der Waals surface area contributed by atoms with Gasteiger partial charge in [0.25, 0.3) is 0 Å². The fourth-order valence-electron chi connectivity index (χ4n) is 2.36. The van der Waals surface area contributed by atoms with Gasteiger partial charge in [0.1, 0.15) is 13.2 Å². The largest absolute Gasteiger partial charge is 0.464 e. The highest BCUT2D eigenvalue weighted by Crippen LogP contribution is 2.24. The van der Waals surface area contributed by atoms with E-state index in [0.29, 0.717) is 19.1 Å². The van der Waals surface area contributed by atoms with Gasteiger partial charge in [-0.1, -0.05) is 53.9 Å². The van der Waals surface area contributed by atoms with Crippen LogP contribution in [-0.2, 0) is 23.8 Å². The van der Waals surface area contributed by atoms with Crippen LogP contribution in [0.2, 0.25) is 0 Å². The molecule has 0 heterocycles. The first-order chi connectivity index (χ1) is 10.7. The Balaban J connectivity index is 3.60. The van der Waals surface area contributed by atoms with Crippen molar-refractivity contribution in [2.75, 3.05) is 26.4 Å². The first-order valence-corrected chi connectivity index (χ1v) is 8.63. The number of hydrogen-bond acceptors (Lipinski definition) is 5. The zero-order valence-electron chi connectivity index (χ0n) is 15.5. The Kier molecular flexibility index (Phi) is 11.7. The van der Waals surface area contributed by atoms with E-state index in [1.54, 1.807) is 0 Å². The first-order valence-electron chi connectivity index (χ1n) is 8.63. The lowest BCUT2D eigenvalue weighted by Gasteiger charge is -2.22. The van der Waals surface area contributed by atoms with Crippen LogP contribution in [0.5, 0.6) is 0 Å². The Morgan fingerprint density at radius 1 is 0.957 bits per heavy atom. The van der Waals surface area contributed by atoms with Crippen molar-refractivity contribution >= 4 is 11.9 Å². The van der Waals surface area contributed by atoms with Crippen LogP contribution in [0.1, 0.15) is 66.7 Å². The smallest absolute Gasteiger partial charge is 0.332 e. The van der Waals surface area contributed by atoms with Gasteiger partial charge >= 0.3 is 11.9 Å². The summed E-state index contributed by atoms with van der Waals surface area (Å²) in [7, 11) is 0. The molecule has 1 unspecified atom stereocenters. The van der Waals surface area contributed by atoms with Gasteiger partial charge in [0, 0.05) is 0 Å². The summed E-state index contributed by atoms with van der Waals surface area (Å²) in [5.74, 6) is -0.580. The second kappa shape index (κ2) is 12.3. The Hall–Kier alpha value is -1.10. The molecule has 0 N–H and O–H groups in total. The van der Waals surface area contributed by atoms with Crippen LogP contribution in [0.25, 0.3) is 0 Å². The van der Waals surface area contributed by atoms with Crippen LogP contribution in [0, 0.1) is 11.3 Å². The van der Waals surface area contributed by atoms with Crippen LogP contribution in [-0.4, -0.2) is 38.4 Å². The van der Waals surface area contributed by atoms with E-state index in [4.69, 9.17) is 14.2 Å². The third-order valence-electron chi connectivity index (χ3n) is 3.19. The van der Waals surface area contributed by atoms with E-state index in [2.05, 4.69) is 34.6 Å². The molecule has 0 aromatic rings. The number of ether oxygens (including phenoxy) is 3. The van der Waals surface area contributed by atoms with Crippen molar-refractivity contribution in [3.05, 3.63) is 0 Å². The summed E-state index contributed by atoms with van der Waals surface area (Å²) in [5, 5.41) is 0. The normalized spacial score (nSPS) is 12.7. The van der Waals surface area contributed by atoms with Crippen LogP contribution < -0.4 is 0 Å². The maximum atomic E-state index is 11.5. The van der Waals surface area contributed by atoms with E-state index in [9.17, 15) is 9.59 Å². The van der Waals surface area contributed by atoms with Crippen molar-refractivity contribution in [3.63, 3.8) is 0 Å². The maximum Gasteiger partial charge on any atom is 0.332 e. The van der Waals surface area contributed by atoms with Crippen molar-refractivity contribution in [1.82, 2.24) is 0 Å². The maximum absolute atomic E-state index is 11.5. The first kappa shape index (κ1) is 21.9. The second-order valence-corrected chi connectivity index (χ2v) is 7.33. The summed E-state index contributed by atoms with van der Waals surface area (Å²) in [4.78, 5) is 22.9. The highest BCUT2D eigenvalue weighted by Gasteiger charge is 2.16. The molecule has 0 radical (unpaired) electrons. The van der Waals surface area contributed by atoms with Gasteiger partial charge in [-0.3, -0.25) is 0 Å². The Bertz CT molecular complexity index is 333. The van der Waals surface area contributed by atoms with E-state index in [0.717, 1.165) is 32.1 Å². The topological polar surface area (TPSA) is 61.8 Å². The summed E-state index contributed by atoms with van der Waals surface area (Å²) in [5.41, 5.74) is 0.212. The third kappa shape index (κ3) is 15.6. The minimum Gasteiger partial charge on any atom is -0.464 e. The quantitative estimate of drug-likeness (QED) is 0.403. The van der Waals surface area contributed by atoms with Crippen molar-refractivity contribution in [2.24, 2.45) is 11.3 Å². The molecule has 0 aromatic heterocycles. The number of rotatable bonds is 12. The Labute approximate surface area is 141 Å². The van der Waals surface area contributed by atoms with E-state index in [1.165, 1.54) is 0 Å². The molecule has 0 aliphatic carbocycles. The van der Waals surface area contributed by atoms with Gasteiger partial charge in [-0.05, 0) is 24.2 Å². The van der Waals surface area contributed by atoms with Gasteiger partial charge in [-0.15, -0.1) is 0 Å². The monoisotopic (exact) mass is 330 g/mol. The molecule has 0 fully saturated rings. The molecule has 0 bridgehead atoms. The van der Waals surface area contributed by atoms with Crippen LogP contribution in [0.4, 0.5) is 0 Å². The lowest BCUT2D eigenvalue weighted by Crippen LogP contribution is -2.22. The van der Waals surface area contributed by atoms with Gasteiger partial charge in [0.2, 0.25) is 0 Å². The van der Waals surface area contributed by atoms with Gasteiger partial charge in [-0.2, -0.15) is 0 Å². The van der Waals surface area contributed by atoms with E-state index >= 15 is 0 Å². The van der Waals surface area contributed by atoms with Crippen molar-refractivity contribution in [3.8, 4) is 0 Å². The van der Waals surface area contributed by atoms with E-state index in [1.807, 2.05) is 0 Å². The second-order valence-electron chi connectivity index (χ2n) is 7.33. The van der Waals surface area contributed by atoms with Crippen LogP contribution in [0.3, 0.4) is 0 Å². The molecule has 136 valence electrons. The molecule has 0 amide bonds. The SMILES string of the molecule is CCCCCCOC(=O)COCC(=O)OCC(C)CC(C)(C)C.